The quantitative estimate of drug-likeness (QED) is 0.322. The second-order valence-corrected chi connectivity index (χ2v) is 9.47. The molecule has 1 aliphatic rings. The van der Waals surface area contributed by atoms with Crippen LogP contribution in [0.1, 0.15) is 52.8 Å². The zero-order valence-electron chi connectivity index (χ0n) is 20.8. The Morgan fingerprint density at radius 1 is 0.973 bits per heavy atom. The Kier molecular flexibility index (Phi) is 6.15. The number of fused-ring (bicyclic) bond motifs is 2. The summed E-state index contributed by atoms with van der Waals surface area (Å²) in [5.41, 5.74) is 9.32. The van der Waals surface area contributed by atoms with Crippen molar-refractivity contribution in [2.45, 2.75) is 39.2 Å². The molecule has 0 radical (unpaired) electrons. The van der Waals surface area contributed by atoms with E-state index < -0.39 is 5.76 Å². The summed E-state index contributed by atoms with van der Waals surface area (Å²) in [6, 6.07) is 25.5. The first-order chi connectivity index (χ1) is 18.2. The van der Waals surface area contributed by atoms with Gasteiger partial charge >= 0.3 is 5.76 Å². The third-order valence-electron chi connectivity index (χ3n) is 6.92. The fourth-order valence-corrected chi connectivity index (χ4v) is 5.18. The van der Waals surface area contributed by atoms with Crippen LogP contribution in [-0.4, -0.2) is 19.7 Å². The van der Waals surface area contributed by atoms with Crippen LogP contribution in [0.4, 0.5) is 0 Å². The molecule has 0 unspecified atom stereocenters. The van der Waals surface area contributed by atoms with Gasteiger partial charge in [0, 0.05) is 24.7 Å². The minimum atomic E-state index is -0.553. The van der Waals surface area contributed by atoms with Crippen molar-refractivity contribution in [1.82, 2.24) is 19.7 Å². The zero-order valence-corrected chi connectivity index (χ0v) is 20.8. The van der Waals surface area contributed by atoms with Gasteiger partial charge in [-0.1, -0.05) is 84.9 Å². The lowest BCUT2D eigenvalue weighted by Crippen LogP contribution is -2.05. The molecule has 184 valence electrons. The number of imidazole rings is 1. The molecular weight excluding hydrogens is 460 g/mol. The molecule has 0 saturated heterocycles. The molecule has 0 fully saturated rings. The first kappa shape index (κ1) is 23.0. The van der Waals surface area contributed by atoms with Gasteiger partial charge in [-0.25, -0.2) is 9.78 Å². The van der Waals surface area contributed by atoms with Crippen molar-refractivity contribution in [3.8, 4) is 11.3 Å². The lowest BCUT2D eigenvalue weighted by Gasteiger charge is -2.14. The van der Waals surface area contributed by atoms with Gasteiger partial charge in [0.05, 0.1) is 5.69 Å². The number of aryl methyl sites for hydroxylation is 3. The molecule has 3 aromatic carbocycles. The highest BCUT2D eigenvalue weighted by Gasteiger charge is 2.19. The summed E-state index contributed by atoms with van der Waals surface area (Å²) in [6.45, 7) is 2.96. The van der Waals surface area contributed by atoms with Crippen LogP contribution in [0.2, 0.25) is 0 Å². The molecule has 1 N–H and O–H groups in total. The number of hydrogen-bond acceptors (Lipinski definition) is 4. The molecule has 0 aliphatic heterocycles. The van der Waals surface area contributed by atoms with E-state index in [9.17, 15) is 4.79 Å². The minimum absolute atomic E-state index is 0.419. The summed E-state index contributed by atoms with van der Waals surface area (Å²) in [5, 5.41) is 3.88. The number of aromatic nitrogens is 4. The normalized spacial score (nSPS) is 13.8. The van der Waals surface area contributed by atoms with E-state index in [0.29, 0.717) is 5.82 Å². The maximum atomic E-state index is 11.6. The average molecular weight is 489 g/mol. The molecule has 0 spiro atoms. The van der Waals surface area contributed by atoms with Gasteiger partial charge in [-0.15, -0.1) is 0 Å². The molecule has 6 nitrogen and oxygen atoms in total. The van der Waals surface area contributed by atoms with Crippen LogP contribution in [0.5, 0.6) is 0 Å². The van der Waals surface area contributed by atoms with Crippen molar-refractivity contribution in [2.24, 2.45) is 0 Å². The molecule has 2 heterocycles. The summed E-state index contributed by atoms with van der Waals surface area (Å²) < 4.78 is 7.04. The predicted molar refractivity (Wildman–Crippen MR) is 145 cm³/mol. The highest BCUT2D eigenvalue weighted by Crippen LogP contribution is 2.35. The van der Waals surface area contributed by atoms with Crippen molar-refractivity contribution in [2.75, 3.05) is 0 Å². The van der Waals surface area contributed by atoms with Gasteiger partial charge < -0.3 is 4.57 Å². The molecule has 6 heteroatoms. The number of nitrogens with one attached hydrogen (secondary N) is 1. The Balaban J connectivity index is 1.38. The number of hydrogen-bond donors (Lipinski definition) is 1. The third-order valence-corrected chi connectivity index (χ3v) is 6.92. The highest BCUT2D eigenvalue weighted by molar-refractivity contribution is 5.93. The molecular formula is C31H28N4O2. The van der Waals surface area contributed by atoms with Gasteiger partial charge in [0.1, 0.15) is 5.82 Å². The van der Waals surface area contributed by atoms with Crippen molar-refractivity contribution in [3.63, 3.8) is 0 Å². The maximum absolute atomic E-state index is 11.6. The van der Waals surface area contributed by atoms with Crippen LogP contribution in [-0.2, 0) is 25.8 Å². The second kappa shape index (κ2) is 9.90. The molecule has 0 atom stereocenters. The van der Waals surface area contributed by atoms with E-state index in [1.807, 2.05) is 12.1 Å². The number of aromatic amines is 1. The van der Waals surface area contributed by atoms with Gasteiger partial charge in [0.15, 0.2) is 5.82 Å². The Morgan fingerprint density at radius 2 is 1.76 bits per heavy atom. The predicted octanol–water partition coefficient (Wildman–Crippen LogP) is 5.91. The maximum Gasteiger partial charge on any atom is 0.439 e. The van der Waals surface area contributed by atoms with E-state index in [0.717, 1.165) is 66.0 Å². The molecule has 1 aliphatic carbocycles. The lowest BCUT2D eigenvalue weighted by atomic mass is 9.92. The van der Waals surface area contributed by atoms with Gasteiger partial charge in [0.2, 0.25) is 0 Å². The van der Waals surface area contributed by atoms with Crippen molar-refractivity contribution in [3.05, 3.63) is 129 Å². The Labute approximate surface area is 215 Å². The smallest absolute Gasteiger partial charge is 0.330 e. The summed E-state index contributed by atoms with van der Waals surface area (Å²) in [5.74, 6) is 0.976. The Bertz CT molecular complexity index is 1640. The minimum Gasteiger partial charge on any atom is -0.330 e. The van der Waals surface area contributed by atoms with Gasteiger partial charge in [-0.05, 0) is 58.7 Å². The number of H-pyrrole nitrogens is 1. The largest absolute Gasteiger partial charge is 0.439 e. The summed E-state index contributed by atoms with van der Waals surface area (Å²) >= 11 is 0. The van der Waals surface area contributed by atoms with Crippen molar-refractivity contribution in [1.29, 1.82) is 0 Å². The molecule has 0 bridgehead atoms. The second-order valence-electron chi connectivity index (χ2n) is 9.47. The SMILES string of the molecule is CCCc1nc(-c2ccccc2)cn1Cc1ccc2c(c1)CCc1ccccc1/C2=C\c1noc(=O)[nH]1. The van der Waals surface area contributed by atoms with E-state index >= 15 is 0 Å². The van der Waals surface area contributed by atoms with Crippen molar-refractivity contribution >= 4 is 11.6 Å². The highest BCUT2D eigenvalue weighted by atomic mass is 16.5. The van der Waals surface area contributed by atoms with Gasteiger partial charge in [-0.2, -0.15) is 0 Å². The van der Waals surface area contributed by atoms with Crippen LogP contribution < -0.4 is 5.76 Å². The van der Waals surface area contributed by atoms with E-state index in [4.69, 9.17) is 9.51 Å². The van der Waals surface area contributed by atoms with Crippen LogP contribution in [0.15, 0.2) is 88.3 Å². The average Bonchev–Trinajstić information content (AvgIpc) is 3.48. The van der Waals surface area contributed by atoms with Crippen LogP contribution in [0, 0.1) is 0 Å². The molecule has 2 aromatic heterocycles. The van der Waals surface area contributed by atoms with E-state index in [2.05, 4.69) is 94.6 Å². The van der Waals surface area contributed by atoms with Gasteiger partial charge in [-0.3, -0.25) is 9.51 Å². The first-order valence-corrected chi connectivity index (χ1v) is 12.8. The molecule has 5 aromatic rings. The van der Waals surface area contributed by atoms with Crippen LogP contribution in [0.25, 0.3) is 22.9 Å². The fourth-order valence-electron chi connectivity index (χ4n) is 5.18. The Morgan fingerprint density at radius 3 is 2.57 bits per heavy atom. The van der Waals surface area contributed by atoms with Gasteiger partial charge in [0.25, 0.3) is 0 Å². The standard InChI is InChI=1S/C31H28N4O2/c1-2-8-30-32-28(23-10-4-3-5-11-23)20-35(30)19-21-13-16-26-24(17-21)15-14-22-9-6-7-12-25(22)27(26)18-29-33-31(36)37-34-29/h3-7,9-13,16-18,20H,2,8,14-15,19H2,1H3,(H,33,34,36)/b27-18+. The summed E-state index contributed by atoms with van der Waals surface area (Å²) in [7, 11) is 0. The van der Waals surface area contributed by atoms with Crippen molar-refractivity contribution < 1.29 is 4.52 Å². The fraction of sp³-hybridized carbons (Fsp3) is 0.194. The Hall–Kier alpha value is -4.45. The topological polar surface area (TPSA) is 76.7 Å². The van der Waals surface area contributed by atoms with Crippen LogP contribution >= 0.6 is 0 Å². The number of benzene rings is 3. The molecule has 0 saturated carbocycles. The van der Waals surface area contributed by atoms with Crippen LogP contribution in [0.3, 0.4) is 0 Å². The number of rotatable bonds is 6. The van der Waals surface area contributed by atoms with E-state index in [-0.39, 0.29) is 0 Å². The molecule has 6 rings (SSSR count). The van der Waals surface area contributed by atoms with E-state index in [1.165, 1.54) is 16.7 Å². The summed E-state index contributed by atoms with van der Waals surface area (Å²) in [4.78, 5) is 19.2. The third kappa shape index (κ3) is 4.70. The van der Waals surface area contributed by atoms with E-state index in [1.54, 1.807) is 0 Å². The zero-order chi connectivity index (χ0) is 25.2. The number of nitrogens with zero attached hydrogens (tertiary/aromatic N) is 3. The molecule has 37 heavy (non-hydrogen) atoms. The first-order valence-electron chi connectivity index (χ1n) is 12.8. The monoisotopic (exact) mass is 488 g/mol. The molecule has 0 amide bonds. The lowest BCUT2D eigenvalue weighted by molar-refractivity contribution is 0.385. The summed E-state index contributed by atoms with van der Waals surface area (Å²) in [6.07, 6.45) is 7.96.